The van der Waals surface area contributed by atoms with Gasteiger partial charge in [0, 0.05) is 27.5 Å². The molecular weight excluding hydrogens is 647 g/mol. The molecule has 2 aromatic heterocycles. The van der Waals surface area contributed by atoms with Gasteiger partial charge in [0.15, 0.2) is 17.5 Å². The zero-order valence-electron chi connectivity index (χ0n) is 43.4. The van der Waals surface area contributed by atoms with Crippen LogP contribution in [0, 0.1) is 0 Å². The molecule has 0 amide bonds. The molecule has 0 aliphatic rings. The summed E-state index contributed by atoms with van der Waals surface area (Å²) in [6.45, 7) is 0. The first-order chi connectivity index (χ1) is 32.9. The van der Waals surface area contributed by atoms with Gasteiger partial charge in [0.1, 0.15) is 11.2 Å². The van der Waals surface area contributed by atoms with Crippen molar-refractivity contribution in [2.24, 2.45) is 0 Å². The minimum absolute atomic E-state index is 0.0350. The fourth-order valence-corrected chi connectivity index (χ4v) is 6.46. The Hall–Kier alpha value is -7.17. The van der Waals surface area contributed by atoms with Crippen LogP contribution in [0.5, 0.6) is 0 Å². The summed E-state index contributed by atoms with van der Waals surface area (Å²) < 4.78 is 145. The van der Waals surface area contributed by atoms with E-state index in [0.717, 1.165) is 21.9 Å². The molecule has 0 fully saturated rings. The van der Waals surface area contributed by atoms with Crippen molar-refractivity contribution in [1.82, 2.24) is 15.0 Å². The minimum Gasteiger partial charge on any atom is -0.456 e. The van der Waals surface area contributed by atoms with Gasteiger partial charge < -0.3 is 4.42 Å². The van der Waals surface area contributed by atoms with Crippen LogP contribution in [0.4, 0.5) is 0 Å². The Morgan fingerprint density at radius 2 is 0.962 bits per heavy atom. The Balaban J connectivity index is 1.30. The maximum Gasteiger partial charge on any atom is 0.165 e. The van der Waals surface area contributed by atoms with E-state index in [1.54, 1.807) is 12.1 Å². The van der Waals surface area contributed by atoms with Gasteiger partial charge in [-0.05, 0) is 62.3 Å². The molecule has 10 aromatic rings. The summed E-state index contributed by atoms with van der Waals surface area (Å²) in [6.07, 6.45) is 0. The van der Waals surface area contributed by atoms with E-state index in [2.05, 4.69) is 4.98 Å². The van der Waals surface area contributed by atoms with Crippen LogP contribution in [0.15, 0.2) is 192 Å². The largest absolute Gasteiger partial charge is 0.456 e. The smallest absolute Gasteiger partial charge is 0.165 e. The van der Waals surface area contributed by atoms with Gasteiger partial charge >= 0.3 is 0 Å². The van der Waals surface area contributed by atoms with E-state index < -0.39 is 108 Å². The van der Waals surface area contributed by atoms with E-state index >= 15 is 0 Å². The Bertz CT molecular complexity index is 3800. The second-order valence-corrected chi connectivity index (χ2v) is 12.0. The molecule has 248 valence electrons. The van der Waals surface area contributed by atoms with Gasteiger partial charge in [-0.25, -0.2) is 15.0 Å². The number of hydrogen-bond donors (Lipinski definition) is 0. The normalized spacial score (nSPS) is 15.6. The lowest BCUT2D eigenvalue weighted by Gasteiger charge is -2.14. The first kappa shape index (κ1) is 18.4. The van der Waals surface area contributed by atoms with Crippen LogP contribution in [0.3, 0.4) is 0 Å². The van der Waals surface area contributed by atoms with Crippen molar-refractivity contribution in [1.29, 1.82) is 0 Å². The predicted molar refractivity (Wildman–Crippen MR) is 217 cm³/mol. The van der Waals surface area contributed by atoms with Gasteiger partial charge in [0.25, 0.3) is 0 Å². The van der Waals surface area contributed by atoms with E-state index in [-0.39, 0.29) is 61.4 Å². The van der Waals surface area contributed by atoms with Gasteiger partial charge in [-0.1, -0.05) is 170 Å². The molecule has 0 bridgehead atoms. The third kappa shape index (κ3) is 5.54. The Kier molecular flexibility index (Phi) is 4.46. The third-order valence-electron chi connectivity index (χ3n) is 8.92. The van der Waals surface area contributed by atoms with E-state index in [1.807, 2.05) is 54.6 Å². The first-order valence-corrected chi connectivity index (χ1v) is 16.5. The molecule has 0 atom stereocenters. The van der Waals surface area contributed by atoms with Crippen molar-refractivity contribution >= 4 is 32.7 Å². The predicted octanol–water partition coefficient (Wildman–Crippen LogP) is 12.9. The summed E-state index contributed by atoms with van der Waals surface area (Å²) in [5, 5.41) is 1.79. The Morgan fingerprint density at radius 3 is 1.74 bits per heavy atom. The van der Waals surface area contributed by atoms with Crippen LogP contribution in [-0.4, -0.2) is 15.0 Å². The second kappa shape index (κ2) is 12.9. The first-order valence-electron chi connectivity index (χ1n) is 24.5. The Morgan fingerprint density at radius 1 is 0.377 bits per heavy atom. The molecule has 0 spiro atoms. The number of furan rings is 1. The van der Waals surface area contributed by atoms with E-state index in [0.29, 0.717) is 5.56 Å². The third-order valence-corrected chi connectivity index (χ3v) is 8.92. The van der Waals surface area contributed by atoms with Crippen LogP contribution in [0.2, 0.25) is 0 Å². The second-order valence-electron chi connectivity index (χ2n) is 12.0. The minimum atomic E-state index is -0.685. The standard InChI is InChI=1S/C49H31N3O/c1-3-12-32(13-4-1)33-22-28-38(29-23-33)48-50-47(37-15-5-2-6-16-37)51-49(52-48)46-41(30-31-44-45(46)42-19-9-10-21-43(42)53-44)36-26-24-35(25-27-36)40-20-11-17-34-14-7-8-18-39(34)40/h1-31H/i1D,2D,3D,4D,5D,6D,9D,10D,12D,13D,15D,16D,19D,21D,30D,31D. The maximum absolute atomic E-state index is 9.58. The lowest BCUT2D eigenvalue weighted by Crippen LogP contribution is -2.01. The Labute approximate surface area is 329 Å². The molecule has 0 radical (unpaired) electrons. The highest BCUT2D eigenvalue weighted by molar-refractivity contribution is 6.15. The van der Waals surface area contributed by atoms with Gasteiger partial charge in [-0.15, -0.1) is 0 Å². The molecule has 0 aliphatic heterocycles. The van der Waals surface area contributed by atoms with Crippen LogP contribution >= 0.6 is 0 Å². The number of benzene rings is 8. The summed E-state index contributed by atoms with van der Waals surface area (Å²) in [6, 6.07) is 17.9. The molecule has 53 heavy (non-hydrogen) atoms. The number of nitrogens with zero attached hydrogens (tertiary/aromatic N) is 3. The lowest BCUT2D eigenvalue weighted by molar-refractivity contribution is 0.669. The molecule has 10 rings (SSSR count). The van der Waals surface area contributed by atoms with Crippen LogP contribution < -0.4 is 0 Å². The molecule has 0 unspecified atom stereocenters. The fourth-order valence-electron chi connectivity index (χ4n) is 6.46. The van der Waals surface area contributed by atoms with Crippen LogP contribution in [0.1, 0.15) is 21.9 Å². The highest BCUT2D eigenvalue weighted by Gasteiger charge is 2.22. The van der Waals surface area contributed by atoms with Gasteiger partial charge in [-0.3, -0.25) is 0 Å². The molecule has 2 heterocycles. The summed E-state index contributed by atoms with van der Waals surface area (Å²) in [5.41, 5.74) is 1.46. The SMILES string of the molecule is [2H]c1c([2H])c([2H])c(-c2ccc(-c3nc(-c4c([2H])c([2H])c([2H])c([2H])c4[2H])nc(-c4c(-c5ccc(-c6cccc7ccccc67)cc5)c([2H])c([2H])c5oc6c([2H])c([2H])c([2H])c([2H])c6c45)n3)cc2)c([2H])c1[2H]. The van der Waals surface area contributed by atoms with E-state index in [1.165, 1.54) is 24.3 Å². The molecule has 0 N–H and O–H groups in total. The molecule has 0 saturated heterocycles. The zero-order valence-corrected chi connectivity index (χ0v) is 27.4. The summed E-state index contributed by atoms with van der Waals surface area (Å²) >= 11 is 0. The molecule has 4 nitrogen and oxygen atoms in total. The number of fused-ring (bicyclic) bond motifs is 4. The molecule has 0 saturated carbocycles. The van der Waals surface area contributed by atoms with Crippen molar-refractivity contribution in [2.45, 2.75) is 0 Å². The van der Waals surface area contributed by atoms with Gasteiger partial charge in [0.2, 0.25) is 0 Å². The average molecular weight is 694 g/mol. The van der Waals surface area contributed by atoms with Crippen molar-refractivity contribution in [2.75, 3.05) is 0 Å². The van der Waals surface area contributed by atoms with Crippen molar-refractivity contribution in [3.63, 3.8) is 0 Å². The van der Waals surface area contributed by atoms with Crippen molar-refractivity contribution in [3.05, 3.63) is 188 Å². The number of para-hydroxylation sites is 1. The average Bonchev–Trinajstić information content (AvgIpc) is 3.77. The zero-order chi connectivity index (χ0) is 49.1. The number of rotatable bonds is 6. The van der Waals surface area contributed by atoms with Crippen molar-refractivity contribution in [3.8, 4) is 67.5 Å². The van der Waals surface area contributed by atoms with E-state index in [4.69, 9.17) is 33.6 Å². The monoisotopic (exact) mass is 693 g/mol. The highest BCUT2D eigenvalue weighted by atomic mass is 16.3. The number of aromatic nitrogens is 3. The van der Waals surface area contributed by atoms with E-state index in [9.17, 15) is 2.74 Å². The quantitative estimate of drug-likeness (QED) is 0.174. The maximum atomic E-state index is 9.58. The summed E-state index contributed by atoms with van der Waals surface area (Å²) in [7, 11) is 0. The van der Waals surface area contributed by atoms with Crippen LogP contribution in [-0.2, 0) is 0 Å². The highest BCUT2D eigenvalue weighted by Crippen LogP contribution is 2.43. The molecule has 4 heteroatoms. The topological polar surface area (TPSA) is 51.8 Å². The van der Waals surface area contributed by atoms with Gasteiger partial charge in [0.05, 0.1) is 21.9 Å². The molecule has 0 aliphatic carbocycles. The molecular formula is C49H31N3O. The summed E-state index contributed by atoms with van der Waals surface area (Å²) in [4.78, 5) is 14.3. The van der Waals surface area contributed by atoms with Gasteiger partial charge in [-0.2, -0.15) is 0 Å². The number of hydrogen-bond acceptors (Lipinski definition) is 4. The molecule has 8 aromatic carbocycles. The van der Waals surface area contributed by atoms with Crippen molar-refractivity contribution < 1.29 is 26.3 Å². The van der Waals surface area contributed by atoms with Crippen LogP contribution in [0.25, 0.3) is 100 Å². The fraction of sp³-hybridized carbons (Fsp3) is 0. The lowest BCUT2D eigenvalue weighted by atomic mass is 9.92. The summed E-state index contributed by atoms with van der Waals surface area (Å²) in [5.74, 6) is -0.863.